The lowest BCUT2D eigenvalue weighted by Crippen LogP contribution is -2.45. The van der Waals surface area contributed by atoms with Gasteiger partial charge in [-0.1, -0.05) is 296 Å². The number of ether oxygens (including phenoxy) is 1. The Labute approximate surface area is 400 Å². The van der Waals surface area contributed by atoms with E-state index in [2.05, 4.69) is 19.2 Å². The van der Waals surface area contributed by atoms with E-state index in [1.54, 1.807) is 0 Å². The van der Waals surface area contributed by atoms with Crippen LogP contribution in [0.1, 0.15) is 335 Å². The highest BCUT2D eigenvalue weighted by atomic mass is 16.5. The van der Waals surface area contributed by atoms with Crippen LogP contribution in [0.5, 0.6) is 0 Å². The number of aliphatic hydroxyl groups excluding tert-OH is 2. The monoisotopic (exact) mass is 906 g/mol. The highest BCUT2D eigenvalue weighted by Gasteiger charge is 2.20. The van der Waals surface area contributed by atoms with Crippen molar-refractivity contribution < 1.29 is 24.5 Å². The number of hydrogen-bond acceptors (Lipinski definition) is 5. The summed E-state index contributed by atoms with van der Waals surface area (Å²) < 4.78 is 5.49. The van der Waals surface area contributed by atoms with Crippen LogP contribution in [0.2, 0.25) is 0 Å². The summed E-state index contributed by atoms with van der Waals surface area (Å²) in [5, 5.41) is 23.2. The summed E-state index contributed by atoms with van der Waals surface area (Å²) in [7, 11) is 0. The Kier molecular flexibility index (Phi) is 53.5. The minimum atomic E-state index is -0.665. The summed E-state index contributed by atoms with van der Waals surface area (Å²) in [4.78, 5) is 24.5. The first-order chi connectivity index (χ1) is 31.5. The Morgan fingerprint density at radius 3 is 0.953 bits per heavy atom. The quantitative estimate of drug-likeness (QED) is 0.0417. The van der Waals surface area contributed by atoms with E-state index in [1.165, 1.54) is 263 Å². The second kappa shape index (κ2) is 54.5. The first-order valence-corrected chi connectivity index (χ1v) is 29.3. The lowest BCUT2D eigenvalue weighted by Gasteiger charge is -2.22. The molecular formula is C58H115NO5. The van der Waals surface area contributed by atoms with Crippen molar-refractivity contribution in [2.24, 2.45) is 0 Å². The zero-order valence-corrected chi connectivity index (χ0v) is 43.5. The van der Waals surface area contributed by atoms with Gasteiger partial charge in [0.15, 0.2) is 0 Å². The van der Waals surface area contributed by atoms with Crippen molar-refractivity contribution in [3.63, 3.8) is 0 Å². The number of rotatable bonds is 55. The lowest BCUT2D eigenvalue weighted by atomic mass is 10.0. The second-order valence-corrected chi connectivity index (χ2v) is 20.3. The predicted molar refractivity (Wildman–Crippen MR) is 278 cm³/mol. The number of carbonyl (C=O) groups excluding carboxylic acids is 2. The van der Waals surface area contributed by atoms with E-state index >= 15 is 0 Å². The standard InChI is InChI=1S/C58H115NO5/c1-3-5-7-9-11-13-15-17-18-24-28-32-36-40-44-48-52-58(63)64-53-49-45-41-37-33-29-25-22-20-19-21-23-27-31-35-39-43-47-51-57(62)59-55(54-60)56(61)50-46-42-38-34-30-26-16-14-12-10-8-6-4-2/h55-56,60-61H,3-54H2,1-2H3,(H,59,62). The first-order valence-electron chi connectivity index (χ1n) is 29.3. The molecule has 2 atom stereocenters. The molecule has 0 spiro atoms. The SMILES string of the molecule is CCCCCCCCCCCCCCCCCCC(=O)OCCCCCCCCCCCCCCCCCCCCC(=O)NC(CO)C(O)CCCCCCCCCCCCCCC. The maximum atomic E-state index is 12.5. The number of carbonyl (C=O) groups is 2. The molecular weight excluding hydrogens is 791 g/mol. The van der Waals surface area contributed by atoms with E-state index in [9.17, 15) is 19.8 Å². The van der Waals surface area contributed by atoms with Crippen molar-refractivity contribution in [2.75, 3.05) is 13.2 Å². The molecule has 0 aliphatic heterocycles. The number of nitrogens with one attached hydrogen (secondary N) is 1. The molecule has 6 heteroatoms. The van der Waals surface area contributed by atoms with Crippen LogP contribution in [0.25, 0.3) is 0 Å². The van der Waals surface area contributed by atoms with Gasteiger partial charge in [-0.05, 0) is 25.7 Å². The molecule has 0 saturated carbocycles. The average Bonchev–Trinajstić information content (AvgIpc) is 3.29. The molecule has 2 unspecified atom stereocenters. The normalized spacial score (nSPS) is 12.5. The Morgan fingerprint density at radius 2 is 0.641 bits per heavy atom. The number of hydrogen-bond donors (Lipinski definition) is 3. The summed E-state index contributed by atoms with van der Waals surface area (Å²) in [6, 6.07) is -0.542. The lowest BCUT2D eigenvalue weighted by molar-refractivity contribution is -0.143. The van der Waals surface area contributed by atoms with Gasteiger partial charge in [0.25, 0.3) is 0 Å². The molecule has 382 valence electrons. The fourth-order valence-electron chi connectivity index (χ4n) is 9.41. The molecule has 0 aromatic heterocycles. The molecule has 1 amide bonds. The molecule has 6 nitrogen and oxygen atoms in total. The van der Waals surface area contributed by atoms with Gasteiger partial charge in [-0.3, -0.25) is 9.59 Å². The third-order valence-corrected chi connectivity index (χ3v) is 13.9. The average molecular weight is 907 g/mol. The van der Waals surface area contributed by atoms with E-state index in [-0.39, 0.29) is 18.5 Å². The molecule has 0 rings (SSSR count). The van der Waals surface area contributed by atoms with Crippen LogP contribution in [-0.2, 0) is 14.3 Å². The summed E-state index contributed by atoms with van der Waals surface area (Å²) >= 11 is 0. The van der Waals surface area contributed by atoms with Crippen LogP contribution in [-0.4, -0.2) is 47.4 Å². The van der Waals surface area contributed by atoms with Crippen molar-refractivity contribution >= 4 is 11.9 Å². The Bertz CT molecular complexity index is 913. The van der Waals surface area contributed by atoms with Crippen LogP contribution in [0.3, 0.4) is 0 Å². The van der Waals surface area contributed by atoms with E-state index in [4.69, 9.17) is 4.74 Å². The maximum absolute atomic E-state index is 12.5. The number of amides is 1. The summed E-state index contributed by atoms with van der Waals surface area (Å²) in [5.74, 6) is -0.0253. The predicted octanol–water partition coefficient (Wildman–Crippen LogP) is 17.9. The molecule has 0 saturated heterocycles. The maximum Gasteiger partial charge on any atom is 0.305 e. The van der Waals surface area contributed by atoms with Gasteiger partial charge in [0.2, 0.25) is 5.91 Å². The zero-order chi connectivity index (χ0) is 46.5. The van der Waals surface area contributed by atoms with Crippen molar-refractivity contribution in [2.45, 2.75) is 347 Å². The number of unbranched alkanes of at least 4 members (excludes halogenated alkanes) is 44. The molecule has 3 N–H and O–H groups in total. The molecule has 64 heavy (non-hydrogen) atoms. The molecule has 0 bridgehead atoms. The molecule has 0 fully saturated rings. The van der Waals surface area contributed by atoms with Gasteiger partial charge in [-0.25, -0.2) is 0 Å². The number of esters is 1. The van der Waals surface area contributed by atoms with E-state index in [0.29, 0.717) is 25.9 Å². The summed E-state index contributed by atoms with van der Waals surface area (Å²) in [6.45, 7) is 4.97. The molecule has 0 aliphatic rings. The van der Waals surface area contributed by atoms with Gasteiger partial charge in [0.05, 0.1) is 25.4 Å². The molecule has 0 aromatic rings. The first kappa shape index (κ1) is 62.9. The van der Waals surface area contributed by atoms with Crippen LogP contribution < -0.4 is 5.32 Å². The Hall–Kier alpha value is -1.14. The van der Waals surface area contributed by atoms with Gasteiger partial charge in [0.1, 0.15) is 0 Å². The minimum absolute atomic E-state index is 0.0116. The van der Waals surface area contributed by atoms with Gasteiger partial charge < -0.3 is 20.3 Å². The highest BCUT2D eigenvalue weighted by Crippen LogP contribution is 2.18. The van der Waals surface area contributed by atoms with E-state index < -0.39 is 12.1 Å². The Morgan fingerprint density at radius 1 is 0.375 bits per heavy atom. The molecule has 0 aromatic carbocycles. The largest absolute Gasteiger partial charge is 0.466 e. The van der Waals surface area contributed by atoms with E-state index in [0.717, 1.165) is 38.5 Å². The van der Waals surface area contributed by atoms with E-state index in [1.807, 2.05) is 0 Å². The zero-order valence-electron chi connectivity index (χ0n) is 43.5. The summed E-state index contributed by atoms with van der Waals surface area (Å²) in [6.07, 6.45) is 62.4. The second-order valence-electron chi connectivity index (χ2n) is 20.3. The van der Waals surface area contributed by atoms with Crippen molar-refractivity contribution in [3.8, 4) is 0 Å². The fourth-order valence-corrected chi connectivity index (χ4v) is 9.41. The van der Waals surface area contributed by atoms with Crippen molar-refractivity contribution in [1.82, 2.24) is 5.32 Å². The third-order valence-electron chi connectivity index (χ3n) is 13.9. The van der Waals surface area contributed by atoms with Crippen LogP contribution >= 0.6 is 0 Å². The molecule has 0 aliphatic carbocycles. The highest BCUT2D eigenvalue weighted by molar-refractivity contribution is 5.76. The van der Waals surface area contributed by atoms with Gasteiger partial charge in [-0.15, -0.1) is 0 Å². The van der Waals surface area contributed by atoms with Crippen LogP contribution in [0.4, 0.5) is 0 Å². The summed E-state index contributed by atoms with van der Waals surface area (Å²) in [5.41, 5.74) is 0. The minimum Gasteiger partial charge on any atom is -0.466 e. The smallest absolute Gasteiger partial charge is 0.305 e. The van der Waals surface area contributed by atoms with Crippen molar-refractivity contribution in [1.29, 1.82) is 0 Å². The van der Waals surface area contributed by atoms with Crippen LogP contribution in [0, 0.1) is 0 Å². The molecule has 0 heterocycles. The van der Waals surface area contributed by atoms with Gasteiger partial charge in [-0.2, -0.15) is 0 Å². The topological polar surface area (TPSA) is 95.9 Å². The van der Waals surface area contributed by atoms with Gasteiger partial charge in [0, 0.05) is 12.8 Å². The van der Waals surface area contributed by atoms with Gasteiger partial charge >= 0.3 is 5.97 Å². The van der Waals surface area contributed by atoms with Crippen LogP contribution in [0.15, 0.2) is 0 Å². The fraction of sp³-hybridized carbons (Fsp3) is 0.966. The number of aliphatic hydroxyl groups is 2. The van der Waals surface area contributed by atoms with Crippen molar-refractivity contribution in [3.05, 3.63) is 0 Å². The molecule has 0 radical (unpaired) electrons. The third kappa shape index (κ3) is 50.3. The Balaban J connectivity index is 3.37.